The second-order valence-corrected chi connectivity index (χ2v) is 9.29. The molecule has 0 aromatic carbocycles. The average molecular weight is 390 g/mol. The maximum Gasteiger partial charge on any atom is 0.410 e. The molecule has 2 heterocycles. The van der Waals surface area contributed by atoms with Crippen LogP contribution < -0.4 is 4.90 Å². The Hall–Kier alpha value is -1.82. The Kier molecular flexibility index (Phi) is 6.48. The molecule has 28 heavy (non-hydrogen) atoms. The van der Waals surface area contributed by atoms with Crippen molar-refractivity contribution in [3.05, 3.63) is 24.0 Å². The highest BCUT2D eigenvalue weighted by molar-refractivity contribution is 5.69. The number of piperidine rings is 1. The molecule has 1 unspecified atom stereocenters. The molecule has 1 saturated carbocycles. The van der Waals surface area contributed by atoms with Crippen LogP contribution in [0.25, 0.3) is 0 Å². The average Bonchev–Trinajstić information content (AvgIpc) is 2.59. The summed E-state index contributed by atoms with van der Waals surface area (Å²) in [5.74, 6) is 0.606. The minimum absolute atomic E-state index is 0.153. The Morgan fingerprint density at radius 1 is 1.32 bits per heavy atom. The van der Waals surface area contributed by atoms with E-state index in [1.807, 2.05) is 44.0 Å². The number of amides is 1. The van der Waals surface area contributed by atoms with Crippen molar-refractivity contribution < 1.29 is 14.6 Å². The van der Waals surface area contributed by atoms with Crippen LogP contribution in [0.5, 0.6) is 0 Å². The normalized spacial score (nSPS) is 21.8. The van der Waals surface area contributed by atoms with Crippen LogP contribution in [0.3, 0.4) is 0 Å². The first-order valence-corrected chi connectivity index (χ1v) is 10.6. The Morgan fingerprint density at radius 2 is 2.07 bits per heavy atom. The fourth-order valence-corrected chi connectivity index (χ4v) is 3.92. The summed E-state index contributed by atoms with van der Waals surface area (Å²) >= 11 is 0. The summed E-state index contributed by atoms with van der Waals surface area (Å²) in [5.41, 5.74) is 1.24. The number of aliphatic hydroxyl groups is 1. The van der Waals surface area contributed by atoms with E-state index >= 15 is 0 Å². The van der Waals surface area contributed by atoms with E-state index in [2.05, 4.69) is 9.88 Å². The lowest BCUT2D eigenvalue weighted by Gasteiger charge is -2.43. The number of carbonyl (C=O) groups is 1. The van der Waals surface area contributed by atoms with Crippen LogP contribution in [0.4, 0.5) is 10.5 Å². The number of aliphatic hydroxyl groups excluding tert-OH is 1. The summed E-state index contributed by atoms with van der Waals surface area (Å²) in [6.07, 6.45) is 6.80. The van der Waals surface area contributed by atoms with Gasteiger partial charge in [0.15, 0.2) is 0 Å². The van der Waals surface area contributed by atoms with Crippen molar-refractivity contribution in [3.63, 3.8) is 0 Å². The number of anilines is 1. The predicted molar refractivity (Wildman–Crippen MR) is 110 cm³/mol. The molecule has 6 nitrogen and oxygen atoms in total. The van der Waals surface area contributed by atoms with Gasteiger partial charge in [0.1, 0.15) is 5.60 Å². The van der Waals surface area contributed by atoms with E-state index in [-0.39, 0.29) is 12.1 Å². The molecule has 1 aliphatic heterocycles. The molecule has 6 heteroatoms. The maximum absolute atomic E-state index is 12.9. The zero-order chi connectivity index (χ0) is 20.3. The molecular weight excluding hydrogens is 354 g/mol. The van der Waals surface area contributed by atoms with E-state index in [9.17, 15) is 9.90 Å². The number of hydrogen-bond donors (Lipinski definition) is 1. The van der Waals surface area contributed by atoms with E-state index in [1.165, 1.54) is 19.3 Å². The monoisotopic (exact) mass is 389 g/mol. The van der Waals surface area contributed by atoms with Crippen LogP contribution in [0.2, 0.25) is 0 Å². The lowest BCUT2D eigenvalue weighted by Crippen LogP contribution is -2.53. The van der Waals surface area contributed by atoms with Crippen molar-refractivity contribution in [2.45, 2.75) is 77.5 Å². The third-order valence-corrected chi connectivity index (χ3v) is 5.71. The Bertz CT molecular complexity index is 650. The summed E-state index contributed by atoms with van der Waals surface area (Å²) in [6.45, 7) is 10.0. The molecule has 1 amide bonds. The molecule has 2 fully saturated rings. The predicted octanol–water partition coefficient (Wildman–Crippen LogP) is 4.14. The lowest BCUT2D eigenvalue weighted by molar-refractivity contribution is 0.00736. The minimum Gasteiger partial charge on any atom is -0.444 e. The van der Waals surface area contributed by atoms with Crippen molar-refractivity contribution in [2.24, 2.45) is 5.92 Å². The second kappa shape index (κ2) is 8.68. The molecule has 3 rings (SSSR count). The number of pyridine rings is 1. The van der Waals surface area contributed by atoms with Crippen LogP contribution in [-0.4, -0.2) is 52.4 Å². The minimum atomic E-state index is -0.562. The van der Waals surface area contributed by atoms with Crippen molar-refractivity contribution >= 4 is 11.8 Å². The standard InChI is InChI=1S/C22H35N3O3/c1-16(26)20-11-10-18(13-23-20)24-12-6-9-19(15-24)25(14-17-7-5-8-17)21(27)28-22(2,3)4/h10-11,13,16-17,19,26H,5-9,12,14-15H2,1-4H3/t16?,19-/m1/s1. The highest BCUT2D eigenvalue weighted by Crippen LogP contribution is 2.30. The number of rotatable bonds is 5. The zero-order valence-electron chi connectivity index (χ0n) is 17.7. The topological polar surface area (TPSA) is 65.9 Å². The number of hydrogen-bond acceptors (Lipinski definition) is 5. The van der Waals surface area contributed by atoms with Crippen LogP contribution >= 0.6 is 0 Å². The molecule has 156 valence electrons. The van der Waals surface area contributed by atoms with E-state index < -0.39 is 11.7 Å². The summed E-state index contributed by atoms with van der Waals surface area (Å²) in [6, 6.07) is 4.05. The molecule has 2 aliphatic rings. The second-order valence-electron chi connectivity index (χ2n) is 9.29. The number of carbonyl (C=O) groups excluding carboxylic acids is 1. The maximum atomic E-state index is 12.9. The van der Waals surface area contributed by atoms with Gasteiger partial charge in [-0.05, 0) is 71.4 Å². The summed E-state index contributed by atoms with van der Waals surface area (Å²) < 4.78 is 5.73. The molecule has 0 radical (unpaired) electrons. The fraction of sp³-hybridized carbons (Fsp3) is 0.727. The van der Waals surface area contributed by atoms with Crippen LogP contribution in [0.15, 0.2) is 18.3 Å². The first-order valence-electron chi connectivity index (χ1n) is 10.6. The van der Waals surface area contributed by atoms with Gasteiger partial charge in [-0.1, -0.05) is 6.42 Å². The molecule has 1 aromatic heterocycles. The Balaban J connectivity index is 1.71. The van der Waals surface area contributed by atoms with Gasteiger partial charge >= 0.3 is 6.09 Å². The van der Waals surface area contributed by atoms with Gasteiger partial charge in [-0.2, -0.15) is 0 Å². The third kappa shape index (κ3) is 5.37. The lowest BCUT2D eigenvalue weighted by atomic mass is 9.84. The van der Waals surface area contributed by atoms with Gasteiger partial charge in [0, 0.05) is 19.6 Å². The summed E-state index contributed by atoms with van der Waals surface area (Å²) in [4.78, 5) is 21.6. The van der Waals surface area contributed by atoms with Gasteiger partial charge in [0.05, 0.1) is 29.7 Å². The quantitative estimate of drug-likeness (QED) is 0.820. The highest BCUT2D eigenvalue weighted by atomic mass is 16.6. The zero-order valence-corrected chi connectivity index (χ0v) is 17.7. The number of ether oxygens (including phenoxy) is 1. The van der Waals surface area contributed by atoms with Crippen molar-refractivity contribution in [2.75, 3.05) is 24.5 Å². The van der Waals surface area contributed by atoms with Crippen molar-refractivity contribution in [3.8, 4) is 0 Å². The number of aromatic nitrogens is 1. The smallest absolute Gasteiger partial charge is 0.410 e. The van der Waals surface area contributed by atoms with Crippen LogP contribution in [-0.2, 0) is 4.74 Å². The first kappa shape index (κ1) is 20.9. The van der Waals surface area contributed by atoms with Gasteiger partial charge in [0.25, 0.3) is 0 Å². The third-order valence-electron chi connectivity index (χ3n) is 5.71. The Morgan fingerprint density at radius 3 is 2.61 bits per heavy atom. The van der Waals surface area contributed by atoms with Crippen molar-refractivity contribution in [1.29, 1.82) is 0 Å². The molecule has 1 aliphatic carbocycles. The van der Waals surface area contributed by atoms with Gasteiger partial charge < -0.3 is 19.6 Å². The fourth-order valence-electron chi connectivity index (χ4n) is 3.92. The SMILES string of the molecule is CC(O)c1ccc(N2CCC[C@@H](N(CC3CCC3)C(=O)OC(C)(C)C)C2)cn1. The molecule has 1 saturated heterocycles. The van der Waals surface area contributed by atoms with Gasteiger partial charge in [0.2, 0.25) is 0 Å². The molecule has 1 aromatic rings. The van der Waals surface area contributed by atoms with Gasteiger partial charge in [-0.3, -0.25) is 4.98 Å². The first-order chi connectivity index (χ1) is 13.2. The largest absolute Gasteiger partial charge is 0.444 e. The molecule has 1 N–H and O–H groups in total. The van der Waals surface area contributed by atoms with E-state index in [1.54, 1.807) is 6.92 Å². The molecular formula is C22H35N3O3. The number of nitrogens with zero attached hydrogens (tertiary/aromatic N) is 3. The molecule has 0 spiro atoms. The molecule has 0 bridgehead atoms. The van der Waals surface area contributed by atoms with E-state index in [4.69, 9.17) is 4.74 Å². The van der Waals surface area contributed by atoms with E-state index in [0.717, 1.165) is 38.2 Å². The van der Waals surface area contributed by atoms with Crippen LogP contribution in [0, 0.1) is 5.92 Å². The highest BCUT2D eigenvalue weighted by Gasteiger charge is 2.34. The molecule has 2 atom stereocenters. The van der Waals surface area contributed by atoms with Gasteiger partial charge in [-0.15, -0.1) is 0 Å². The van der Waals surface area contributed by atoms with Crippen LogP contribution in [0.1, 0.15) is 71.6 Å². The van der Waals surface area contributed by atoms with Gasteiger partial charge in [-0.25, -0.2) is 4.79 Å². The van der Waals surface area contributed by atoms with E-state index in [0.29, 0.717) is 11.6 Å². The summed E-state index contributed by atoms with van der Waals surface area (Å²) in [7, 11) is 0. The Labute approximate surface area is 168 Å². The summed E-state index contributed by atoms with van der Waals surface area (Å²) in [5, 5.41) is 9.67. The van der Waals surface area contributed by atoms with Crippen molar-refractivity contribution in [1.82, 2.24) is 9.88 Å².